The van der Waals surface area contributed by atoms with Gasteiger partial charge in [0.1, 0.15) is 12.3 Å². The van der Waals surface area contributed by atoms with Gasteiger partial charge in [0.05, 0.1) is 7.11 Å². The van der Waals surface area contributed by atoms with Crippen LogP contribution < -0.4 is 4.74 Å². The minimum absolute atomic E-state index is 0.0149. The maximum atomic E-state index is 11.2. The summed E-state index contributed by atoms with van der Waals surface area (Å²) in [6.45, 7) is 0.0149. The third-order valence-electron chi connectivity index (χ3n) is 1.41. The van der Waals surface area contributed by atoms with E-state index in [-0.39, 0.29) is 18.1 Å². The second-order valence-electron chi connectivity index (χ2n) is 2.32. The third kappa shape index (κ3) is 2.48. The van der Waals surface area contributed by atoms with Crippen molar-refractivity contribution in [1.82, 2.24) is 10.2 Å². The lowest BCUT2D eigenvalue weighted by atomic mass is 10.3. The summed E-state index contributed by atoms with van der Waals surface area (Å²) in [5.41, 5.74) is 0.280. The molecule has 1 heterocycles. The van der Waals surface area contributed by atoms with Crippen LogP contribution in [0, 0.1) is 0 Å². The first kappa shape index (κ1) is 9.60. The quantitative estimate of drug-likeness (QED) is 0.627. The number of hydrogen-bond donors (Lipinski definition) is 0. The van der Waals surface area contributed by atoms with Crippen LogP contribution in [0.1, 0.15) is 10.5 Å². The normalized spacial score (nSPS) is 9.69. The summed E-state index contributed by atoms with van der Waals surface area (Å²) in [5.74, 6) is 0.187. The average Bonchev–Trinajstić information content (AvgIpc) is 2.18. The second kappa shape index (κ2) is 4.51. The zero-order chi connectivity index (χ0) is 9.68. The van der Waals surface area contributed by atoms with Gasteiger partial charge in [0.25, 0.3) is 0 Å². The largest absolute Gasteiger partial charge is 0.480 e. The number of ether oxygens (including phenoxy) is 2. The zero-order valence-electron chi connectivity index (χ0n) is 7.48. The van der Waals surface area contributed by atoms with Gasteiger partial charge >= 0.3 is 0 Å². The van der Waals surface area contributed by atoms with E-state index in [1.54, 1.807) is 12.1 Å². The smallest absolute Gasteiger partial charge is 0.233 e. The van der Waals surface area contributed by atoms with Gasteiger partial charge in [-0.05, 0) is 6.07 Å². The molecular formula is C8H10N2O3. The Bertz CT molecular complexity index is 284. The molecule has 0 atom stereocenters. The van der Waals surface area contributed by atoms with Gasteiger partial charge in [0.15, 0.2) is 0 Å². The van der Waals surface area contributed by atoms with Crippen LogP contribution in [0.15, 0.2) is 12.1 Å². The monoisotopic (exact) mass is 182 g/mol. The average molecular weight is 182 g/mol. The summed E-state index contributed by atoms with van der Waals surface area (Å²) >= 11 is 0. The Hall–Kier alpha value is -1.49. The number of methoxy groups -OCH3 is 2. The highest BCUT2D eigenvalue weighted by Gasteiger charge is 2.07. The van der Waals surface area contributed by atoms with Crippen LogP contribution in [0.25, 0.3) is 0 Å². The number of aromatic nitrogens is 2. The van der Waals surface area contributed by atoms with Crippen LogP contribution in [0.3, 0.4) is 0 Å². The molecule has 0 aliphatic carbocycles. The minimum Gasteiger partial charge on any atom is -0.480 e. The summed E-state index contributed by atoms with van der Waals surface area (Å²) in [6.07, 6.45) is 0. The molecule has 0 aliphatic rings. The highest BCUT2D eigenvalue weighted by molar-refractivity contribution is 5.95. The zero-order valence-corrected chi connectivity index (χ0v) is 7.48. The van der Waals surface area contributed by atoms with E-state index in [9.17, 15) is 4.79 Å². The molecule has 0 bridgehead atoms. The molecule has 5 heteroatoms. The number of Topliss-reactive ketones (excluding diaryl/α,β-unsaturated/α-hetero) is 1. The van der Waals surface area contributed by atoms with E-state index in [4.69, 9.17) is 4.74 Å². The number of rotatable bonds is 4. The summed E-state index contributed by atoms with van der Waals surface area (Å²) in [5, 5.41) is 7.32. The maximum absolute atomic E-state index is 11.2. The van der Waals surface area contributed by atoms with Gasteiger partial charge in [-0.25, -0.2) is 0 Å². The topological polar surface area (TPSA) is 61.3 Å². The van der Waals surface area contributed by atoms with Crippen molar-refractivity contribution in [1.29, 1.82) is 0 Å². The van der Waals surface area contributed by atoms with Gasteiger partial charge in [-0.15, -0.1) is 10.2 Å². The number of nitrogens with zero attached hydrogens (tertiary/aromatic N) is 2. The van der Waals surface area contributed by atoms with Crippen molar-refractivity contribution < 1.29 is 14.3 Å². The number of carbonyl (C=O) groups is 1. The lowest BCUT2D eigenvalue weighted by Gasteiger charge is -1.99. The molecule has 0 fully saturated rings. The number of hydrogen-bond acceptors (Lipinski definition) is 5. The SMILES string of the molecule is COCC(=O)c1ccc(OC)nn1. The third-order valence-corrected chi connectivity index (χ3v) is 1.41. The highest BCUT2D eigenvalue weighted by Crippen LogP contribution is 2.03. The Morgan fingerprint density at radius 3 is 2.62 bits per heavy atom. The number of carbonyl (C=O) groups excluding carboxylic acids is 1. The fraction of sp³-hybridized carbons (Fsp3) is 0.375. The molecule has 0 aromatic carbocycles. The Morgan fingerprint density at radius 1 is 1.38 bits per heavy atom. The summed E-state index contributed by atoms with van der Waals surface area (Å²) in [4.78, 5) is 11.2. The van der Waals surface area contributed by atoms with Crippen LogP contribution >= 0.6 is 0 Å². The van der Waals surface area contributed by atoms with E-state index in [1.807, 2.05) is 0 Å². The molecule has 1 aromatic rings. The summed E-state index contributed by atoms with van der Waals surface area (Å²) < 4.78 is 9.46. The van der Waals surface area contributed by atoms with Gasteiger partial charge in [-0.1, -0.05) is 0 Å². The lowest BCUT2D eigenvalue weighted by Crippen LogP contribution is -2.09. The summed E-state index contributed by atoms with van der Waals surface area (Å²) in [6, 6.07) is 3.13. The maximum Gasteiger partial charge on any atom is 0.233 e. The molecule has 0 saturated heterocycles. The highest BCUT2D eigenvalue weighted by atomic mass is 16.5. The molecule has 0 amide bonds. The van der Waals surface area contributed by atoms with Crippen molar-refractivity contribution in [2.24, 2.45) is 0 Å². The first-order valence-corrected chi connectivity index (χ1v) is 3.67. The van der Waals surface area contributed by atoms with Crippen molar-refractivity contribution in [3.05, 3.63) is 17.8 Å². The fourth-order valence-electron chi connectivity index (χ4n) is 0.783. The minimum atomic E-state index is -0.197. The molecule has 0 unspecified atom stereocenters. The van der Waals surface area contributed by atoms with Gasteiger partial charge in [0, 0.05) is 13.2 Å². The van der Waals surface area contributed by atoms with E-state index in [2.05, 4.69) is 14.9 Å². The molecule has 0 aliphatic heterocycles. The molecule has 0 spiro atoms. The van der Waals surface area contributed by atoms with E-state index >= 15 is 0 Å². The van der Waals surface area contributed by atoms with Crippen molar-refractivity contribution in [2.75, 3.05) is 20.8 Å². The standard InChI is InChI=1S/C8H10N2O3/c1-12-5-7(11)6-3-4-8(13-2)10-9-6/h3-4H,5H2,1-2H3. The van der Waals surface area contributed by atoms with Crippen LogP contribution in [0.5, 0.6) is 5.88 Å². The van der Waals surface area contributed by atoms with E-state index in [0.717, 1.165) is 0 Å². The number of ketones is 1. The molecule has 0 radical (unpaired) electrons. The first-order valence-electron chi connectivity index (χ1n) is 3.67. The molecule has 1 rings (SSSR count). The molecule has 13 heavy (non-hydrogen) atoms. The Balaban J connectivity index is 2.74. The first-order chi connectivity index (χ1) is 6.27. The Morgan fingerprint density at radius 2 is 2.15 bits per heavy atom. The van der Waals surface area contributed by atoms with Crippen LogP contribution in [0.2, 0.25) is 0 Å². The van der Waals surface area contributed by atoms with Crippen molar-refractivity contribution in [3.63, 3.8) is 0 Å². The Labute approximate surface area is 75.7 Å². The lowest BCUT2D eigenvalue weighted by molar-refractivity contribution is 0.0841. The van der Waals surface area contributed by atoms with Gasteiger partial charge in [-0.2, -0.15) is 0 Å². The second-order valence-corrected chi connectivity index (χ2v) is 2.32. The van der Waals surface area contributed by atoms with E-state index in [0.29, 0.717) is 5.88 Å². The predicted molar refractivity (Wildman–Crippen MR) is 44.8 cm³/mol. The van der Waals surface area contributed by atoms with Gasteiger partial charge in [0.2, 0.25) is 11.7 Å². The Kier molecular flexibility index (Phi) is 3.33. The predicted octanol–water partition coefficient (Wildman–Crippen LogP) is 0.314. The van der Waals surface area contributed by atoms with Crippen LogP contribution in [0.4, 0.5) is 0 Å². The molecule has 0 saturated carbocycles. The van der Waals surface area contributed by atoms with Crippen molar-refractivity contribution in [3.8, 4) is 5.88 Å². The van der Waals surface area contributed by atoms with Gasteiger partial charge < -0.3 is 9.47 Å². The summed E-state index contributed by atoms with van der Waals surface area (Å²) in [7, 11) is 2.94. The molecule has 1 aromatic heterocycles. The molecule has 0 N–H and O–H groups in total. The van der Waals surface area contributed by atoms with E-state index in [1.165, 1.54) is 14.2 Å². The van der Waals surface area contributed by atoms with Crippen molar-refractivity contribution in [2.45, 2.75) is 0 Å². The fourth-order valence-corrected chi connectivity index (χ4v) is 0.783. The van der Waals surface area contributed by atoms with Gasteiger partial charge in [-0.3, -0.25) is 4.79 Å². The van der Waals surface area contributed by atoms with Crippen LogP contribution in [-0.2, 0) is 4.74 Å². The van der Waals surface area contributed by atoms with Crippen LogP contribution in [-0.4, -0.2) is 36.8 Å². The van der Waals surface area contributed by atoms with E-state index < -0.39 is 0 Å². The van der Waals surface area contributed by atoms with Crippen molar-refractivity contribution >= 4 is 5.78 Å². The molecular weight excluding hydrogens is 172 g/mol. The molecule has 5 nitrogen and oxygen atoms in total. The molecule has 70 valence electrons.